The first-order valence-electron chi connectivity index (χ1n) is 4.97. The van der Waals surface area contributed by atoms with Gasteiger partial charge in [0.2, 0.25) is 5.91 Å². The lowest BCUT2D eigenvalue weighted by atomic mass is 9.88. The van der Waals surface area contributed by atoms with Crippen LogP contribution >= 0.6 is 0 Å². The van der Waals surface area contributed by atoms with Gasteiger partial charge in [-0.3, -0.25) is 4.79 Å². The van der Waals surface area contributed by atoms with E-state index in [1.165, 1.54) is 0 Å². The fourth-order valence-corrected chi connectivity index (χ4v) is 1.70. The Bertz CT molecular complexity index is 190. The number of hydrogen-bond donors (Lipinski definition) is 0. The second-order valence-corrected chi connectivity index (χ2v) is 4.52. The molecule has 2 nitrogen and oxygen atoms in total. The molecule has 0 radical (unpaired) electrons. The van der Waals surface area contributed by atoms with Crippen LogP contribution in [0.3, 0.4) is 0 Å². The third kappa shape index (κ3) is 1.35. The molecule has 0 spiro atoms. The highest BCUT2D eigenvalue weighted by molar-refractivity contribution is 5.81. The van der Waals surface area contributed by atoms with Crippen molar-refractivity contribution >= 4 is 5.91 Å². The number of nitrogens with zero attached hydrogens (tertiary/aromatic N) is 1. The molecule has 1 saturated heterocycles. The molecule has 2 fully saturated rings. The first kappa shape index (κ1) is 8.09. The minimum absolute atomic E-state index is 0.415. The van der Waals surface area contributed by atoms with Crippen molar-refractivity contribution in [2.45, 2.75) is 26.7 Å². The molecular weight excluding hydrogens is 150 g/mol. The molecule has 1 aliphatic carbocycles. The zero-order valence-electron chi connectivity index (χ0n) is 7.92. The lowest BCUT2D eigenvalue weighted by Crippen LogP contribution is -2.52. The number of carbonyl (C=O) groups is 1. The molecule has 1 amide bonds. The van der Waals surface area contributed by atoms with E-state index in [1.54, 1.807) is 0 Å². The highest BCUT2D eigenvalue weighted by Crippen LogP contribution is 2.34. The van der Waals surface area contributed by atoms with E-state index >= 15 is 0 Å². The van der Waals surface area contributed by atoms with Crippen LogP contribution in [0.4, 0.5) is 0 Å². The largest absolute Gasteiger partial charge is 0.342 e. The predicted octanol–water partition coefficient (Wildman–Crippen LogP) is 1.51. The van der Waals surface area contributed by atoms with Crippen molar-refractivity contribution in [1.82, 2.24) is 4.90 Å². The molecule has 0 aromatic rings. The topological polar surface area (TPSA) is 20.3 Å². The monoisotopic (exact) mass is 167 g/mol. The van der Waals surface area contributed by atoms with Gasteiger partial charge in [-0.15, -0.1) is 0 Å². The Morgan fingerprint density at radius 1 is 1.33 bits per heavy atom. The van der Waals surface area contributed by atoms with E-state index < -0.39 is 0 Å². The number of rotatable bonds is 2. The summed E-state index contributed by atoms with van der Waals surface area (Å²) in [5, 5.41) is 0. The minimum atomic E-state index is 0.415. The maximum atomic E-state index is 11.5. The Balaban J connectivity index is 1.76. The average Bonchev–Trinajstić information content (AvgIpc) is 2.62. The molecule has 2 aliphatic rings. The number of hydrogen-bond acceptors (Lipinski definition) is 1. The summed E-state index contributed by atoms with van der Waals surface area (Å²) in [6, 6.07) is 0. The molecule has 0 unspecified atom stereocenters. The first-order valence-corrected chi connectivity index (χ1v) is 4.97. The first-order chi connectivity index (χ1) is 5.68. The summed E-state index contributed by atoms with van der Waals surface area (Å²) in [4.78, 5) is 13.5. The number of likely N-dealkylation sites (tertiary alicyclic amines) is 1. The summed E-state index contributed by atoms with van der Waals surface area (Å²) < 4.78 is 0. The van der Waals surface area contributed by atoms with Crippen LogP contribution in [-0.2, 0) is 4.79 Å². The highest BCUT2D eigenvalue weighted by Gasteiger charge is 2.39. The van der Waals surface area contributed by atoms with E-state index in [1.807, 2.05) is 4.90 Å². The Labute approximate surface area is 73.9 Å². The fourth-order valence-electron chi connectivity index (χ4n) is 1.70. The molecule has 0 N–H and O–H groups in total. The molecule has 0 bridgehead atoms. The molecule has 1 heterocycles. The van der Waals surface area contributed by atoms with Crippen LogP contribution in [0.15, 0.2) is 0 Å². The van der Waals surface area contributed by atoms with E-state index in [4.69, 9.17) is 0 Å². The zero-order valence-corrected chi connectivity index (χ0v) is 7.92. The van der Waals surface area contributed by atoms with Crippen LogP contribution in [-0.4, -0.2) is 23.9 Å². The van der Waals surface area contributed by atoms with Crippen molar-refractivity contribution in [1.29, 1.82) is 0 Å². The van der Waals surface area contributed by atoms with Gasteiger partial charge in [-0.25, -0.2) is 0 Å². The molecule has 12 heavy (non-hydrogen) atoms. The Morgan fingerprint density at radius 2 is 1.92 bits per heavy atom. The molecular formula is C10H17NO. The van der Waals surface area contributed by atoms with Gasteiger partial charge in [-0.2, -0.15) is 0 Å². The van der Waals surface area contributed by atoms with Crippen molar-refractivity contribution in [2.24, 2.45) is 17.8 Å². The van der Waals surface area contributed by atoms with E-state index in [0.29, 0.717) is 11.8 Å². The summed E-state index contributed by atoms with van der Waals surface area (Å²) in [6.45, 7) is 6.52. The molecule has 2 rings (SSSR count). The third-order valence-electron chi connectivity index (χ3n) is 3.09. The Kier molecular flexibility index (Phi) is 1.85. The summed E-state index contributed by atoms with van der Waals surface area (Å²) in [7, 11) is 0. The van der Waals surface area contributed by atoms with Crippen molar-refractivity contribution in [2.75, 3.05) is 13.1 Å². The van der Waals surface area contributed by atoms with E-state index in [2.05, 4.69) is 13.8 Å². The molecule has 1 saturated carbocycles. The summed E-state index contributed by atoms with van der Waals surface area (Å²) in [6.07, 6.45) is 2.28. The normalized spacial score (nSPS) is 24.4. The lowest BCUT2D eigenvalue weighted by Gasteiger charge is -2.41. The van der Waals surface area contributed by atoms with Gasteiger partial charge < -0.3 is 4.90 Å². The van der Waals surface area contributed by atoms with Gasteiger partial charge in [0.25, 0.3) is 0 Å². The summed E-state index contributed by atoms with van der Waals surface area (Å²) >= 11 is 0. The SMILES string of the molecule is CC(C)C1CN(C(=O)C2CC2)C1. The third-order valence-corrected chi connectivity index (χ3v) is 3.09. The van der Waals surface area contributed by atoms with Crippen LogP contribution < -0.4 is 0 Å². The molecule has 2 heteroatoms. The van der Waals surface area contributed by atoms with Gasteiger partial charge in [0.05, 0.1) is 0 Å². The Morgan fingerprint density at radius 3 is 2.33 bits per heavy atom. The zero-order chi connectivity index (χ0) is 8.72. The van der Waals surface area contributed by atoms with Gasteiger partial charge in [-0.05, 0) is 24.7 Å². The molecule has 68 valence electrons. The molecule has 0 atom stereocenters. The second kappa shape index (κ2) is 2.75. The van der Waals surface area contributed by atoms with Crippen LogP contribution in [0.2, 0.25) is 0 Å². The maximum Gasteiger partial charge on any atom is 0.225 e. The molecule has 0 aromatic carbocycles. The quantitative estimate of drug-likeness (QED) is 0.610. The van der Waals surface area contributed by atoms with Crippen molar-refractivity contribution < 1.29 is 4.79 Å². The number of carbonyl (C=O) groups excluding carboxylic acids is 1. The van der Waals surface area contributed by atoms with Gasteiger partial charge in [0.15, 0.2) is 0 Å². The van der Waals surface area contributed by atoms with Crippen molar-refractivity contribution in [3.8, 4) is 0 Å². The van der Waals surface area contributed by atoms with Crippen LogP contribution in [0.25, 0.3) is 0 Å². The predicted molar refractivity (Wildman–Crippen MR) is 47.6 cm³/mol. The Hall–Kier alpha value is -0.530. The van der Waals surface area contributed by atoms with Crippen LogP contribution in [0, 0.1) is 17.8 Å². The maximum absolute atomic E-state index is 11.5. The van der Waals surface area contributed by atoms with Crippen molar-refractivity contribution in [3.05, 3.63) is 0 Å². The van der Waals surface area contributed by atoms with Crippen LogP contribution in [0.1, 0.15) is 26.7 Å². The van der Waals surface area contributed by atoms with E-state index in [-0.39, 0.29) is 0 Å². The fraction of sp³-hybridized carbons (Fsp3) is 0.900. The standard InChI is InChI=1S/C10H17NO/c1-7(2)9-5-11(6-9)10(12)8-3-4-8/h7-9H,3-6H2,1-2H3. The highest BCUT2D eigenvalue weighted by atomic mass is 16.2. The van der Waals surface area contributed by atoms with Gasteiger partial charge in [0.1, 0.15) is 0 Å². The number of amides is 1. The van der Waals surface area contributed by atoms with Gasteiger partial charge >= 0.3 is 0 Å². The van der Waals surface area contributed by atoms with Crippen LogP contribution in [0.5, 0.6) is 0 Å². The average molecular weight is 167 g/mol. The molecule has 1 aliphatic heterocycles. The smallest absolute Gasteiger partial charge is 0.225 e. The lowest BCUT2D eigenvalue weighted by molar-refractivity contribution is -0.139. The van der Waals surface area contributed by atoms with E-state index in [0.717, 1.165) is 37.8 Å². The second-order valence-electron chi connectivity index (χ2n) is 4.52. The van der Waals surface area contributed by atoms with Gasteiger partial charge in [-0.1, -0.05) is 13.8 Å². The van der Waals surface area contributed by atoms with E-state index in [9.17, 15) is 4.79 Å². The summed E-state index contributed by atoms with van der Waals surface area (Å²) in [5.41, 5.74) is 0. The summed E-state index contributed by atoms with van der Waals surface area (Å²) in [5.74, 6) is 2.35. The minimum Gasteiger partial charge on any atom is -0.342 e. The van der Waals surface area contributed by atoms with Gasteiger partial charge in [0, 0.05) is 19.0 Å². The molecule has 0 aromatic heterocycles. The van der Waals surface area contributed by atoms with Crippen molar-refractivity contribution in [3.63, 3.8) is 0 Å².